The standard InChI is InChI=1S/C14H17FN2OS/c1-3-17-14(7-11-8-16-9-19-11)12-5-4-10(18-2)6-13(12)15/h4-6,8-9,14,17H,3,7H2,1-2H3. The second-order valence-corrected chi connectivity index (χ2v) is 5.14. The topological polar surface area (TPSA) is 34.2 Å². The molecule has 2 rings (SSSR count). The van der Waals surface area contributed by atoms with E-state index in [0.29, 0.717) is 11.3 Å². The number of likely N-dealkylation sites (N-methyl/N-ethyl adjacent to an activating group) is 1. The van der Waals surface area contributed by atoms with Gasteiger partial charge in [0.05, 0.1) is 12.6 Å². The van der Waals surface area contributed by atoms with Gasteiger partial charge in [-0.25, -0.2) is 4.39 Å². The monoisotopic (exact) mass is 280 g/mol. The van der Waals surface area contributed by atoms with E-state index in [2.05, 4.69) is 10.3 Å². The molecule has 3 nitrogen and oxygen atoms in total. The van der Waals surface area contributed by atoms with Gasteiger partial charge in [-0.2, -0.15) is 0 Å². The number of nitrogens with one attached hydrogen (secondary N) is 1. The zero-order chi connectivity index (χ0) is 13.7. The number of nitrogens with zero attached hydrogens (tertiary/aromatic N) is 1. The highest BCUT2D eigenvalue weighted by molar-refractivity contribution is 7.09. The summed E-state index contributed by atoms with van der Waals surface area (Å²) < 4.78 is 19.1. The third-order valence-corrected chi connectivity index (χ3v) is 3.72. The van der Waals surface area contributed by atoms with E-state index in [0.717, 1.165) is 17.8 Å². The maximum Gasteiger partial charge on any atom is 0.131 e. The highest BCUT2D eigenvalue weighted by Crippen LogP contribution is 2.25. The number of ether oxygens (including phenoxy) is 1. The summed E-state index contributed by atoms with van der Waals surface area (Å²) in [5, 5.41) is 3.31. The number of rotatable bonds is 6. The second-order valence-electron chi connectivity index (χ2n) is 4.17. The lowest BCUT2D eigenvalue weighted by atomic mass is 10.0. The summed E-state index contributed by atoms with van der Waals surface area (Å²) in [4.78, 5) is 5.20. The van der Waals surface area contributed by atoms with E-state index in [9.17, 15) is 4.39 Å². The van der Waals surface area contributed by atoms with Gasteiger partial charge in [0.1, 0.15) is 11.6 Å². The molecule has 1 unspecified atom stereocenters. The predicted octanol–water partition coefficient (Wildman–Crippen LogP) is 3.18. The first kappa shape index (κ1) is 14.0. The molecule has 19 heavy (non-hydrogen) atoms. The Balaban J connectivity index is 2.23. The van der Waals surface area contributed by atoms with Crippen LogP contribution in [0, 0.1) is 5.82 Å². The van der Waals surface area contributed by atoms with Crippen LogP contribution in [0.4, 0.5) is 4.39 Å². The van der Waals surface area contributed by atoms with Gasteiger partial charge in [0, 0.05) is 35.2 Å². The number of hydrogen-bond donors (Lipinski definition) is 1. The van der Waals surface area contributed by atoms with Crippen molar-refractivity contribution in [2.24, 2.45) is 0 Å². The van der Waals surface area contributed by atoms with Crippen LogP contribution in [0.1, 0.15) is 23.4 Å². The van der Waals surface area contributed by atoms with Gasteiger partial charge in [0.15, 0.2) is 0 Å². The Morgan fingerprint density at radius 1 is 1.47 bits per heavy atom. The normalized spacial score (nSPS) is 12.4. The van der Waals surface area contributed by atoms with Crippen molar-refractivity contribution in [3.05, 3.63) is 46.2 Å². The van der Waals surface area contributed by atoms with Crippen molar-refractivity contribution in [3.8, 4) is 5.75 Å². The SMILES string of the molecule is CCNC(Cc1cncs1)c1ccc(OC)cc1F. The minimum Gasteiger partial charge on any atom is -0.497 e. The molecule has 1 atom stereocenters. The summed E-state index contributed by atoms with van der Waals surface area (Å²) in [5.41, 5.74) is 2.46. The molecule has 2 aromatic rings. The molecule has 0 spiro atoms. The summed E-state index contributed by atoms with van der Waals surface area (Å²) >= 11 is 1.59. The van der Waals surface area contributed by atoms with E-state index >= 15 is 0 Å². The van der Waals surface area contributed by atoms with Crippen molar-refractivity contribution in [2.45, 2.75) is 19.4 Å². The smallest absolute Gasteiger partial charge is 0.131 e. The summed E-state index contributed by atoms with van der Waals surface area (Å²) in [5.74, 6) is 0.295. The predicted molar refractivity (Wildman–Crippen MR) is 75.2 cm³/mol. The summed E-state index contributed by atoms with van der Waals surface area (Å²) in [6.45, 7) is 2.80. The van der Waals surface area contributed by atoms with Crippen molar-refractivity contribution < 1.29 is 9.13 Å². The van der Waals surface area contributed by atoms with Gasteiger partial charge in [0.2, 0.25) is 0 Å². The minimum absolute atomic E-state index is 0.0450. The molecule has 0 aliphatic heterocycles. The summed E-state index contributed by atoms with van der Waals surface area (Å²) in [7, 11) is 1.54. The summed E-state index contributed by atoms with van der Waals surface area (Å²) in [6.07, 6.45) is 2.57. The number of thiazole rings is 1. The van der Waals surface area contributed by atoms with Gasteiger partial charge in [-0.3, -0.25) is 4.98 Å². The molecule has 102 valence electrons. The largest absolute Gasteiger partial charge is 0.497 e. The third kappa shape index (κ3) is 3.52. The van der Waals surface area contributed by atoms with Crippen LogP contribution in [0.3, 0.4) is 0 Å². The lowest BCUT2D eigenvalue weighted by Crippen LogP contribution is -2.23. The number of aromatic nitrogens is 1. The van der Waals surface area contributed by atoms with E-state index in [4.69, 9.17) is 4.74 Å². The average molecular weight is 280 g/mol. The van der Waals surface area contributed by atoms with Crippen LogP contribution in [-0.2, 0) is 6.42 Å². The number of hydrogen-bond acceptors (Lipinski definition) is 4. The number of halogens is 1. The van der Waals surface area contributed by atoms with Gasteiger partial charge >= 0.3 is 0 Å². The van der Waals surface area contributed by atoms with Crippen molar-refractivity contribution in [2.75, 3.05) is 13.7 Å². The van der Waals surface area contributed by atoms with Crippen LogP contribution in [0.25, 0.3) is 0 Å². The molecule has 0 saturated carbocycles. The molecular weight excluding hydrogens is 263 g/mol. The highest BCUT2D eigenvalue weighted by Gasteiger charge is 2.16. The van der Waals surface area contributed by atoms with Crippen molar-refractivity contribution in [3.63, 3.8) is 0 Å². The Labute approximate surface area is 116 Å². The molecule has 0 radical (unpaired) electrons. The molecule has 0 aliphatic rings. The molecule has 0 fully saturated rings. The lowest BCUT2D eigenvalue weighted by molar-refractivity contribution is 0.409. The fourth-order valence-corrected chi connectivity index (χ4v) is 2.64. The minimum atomic E-state index is -0.241. The first-order valence-corrected chi connectivity index (χ1v) is 7.06. The van der Waals surface area contributed by atoms with E-state index in [-0.39, 0.29) is 11.9 Å². The van der Waals surface area contributed by atoms with Crippen LogP contribution in [-0.4, -0.2) is 18.6 Å². The summed E-state index contributed by atoms with van der Waals surface area (Å²) in [6, 6.07) is 4.95. The zero-order valence-corrected chi connectivity index (χ0v) is 11.8. The fraction of sp³-hybridized carbons (Fsp3) is 0.357. The molecule has 1 aromatic heterocycles. The molecule has 0 amide bonds. The maximum absolute atomic E-state index is 14.1. The first-order valence-electron chi connectivity index (χ1n) is 6.18. The van der Waals surface area contributed by atoms with Gasteiger partial charge < -0.3 is 10.1 Å². The Hall–Kier alpha value is -1.46. The zero-order valence-electron chi connectivity index (χ0n) is 11.0. The molecule has 0 saturated heterocycles. The molecule has 1 aromatic carbocycles. The van der Waals surface area contributed by atoms with Crippen LogP contribution in [0.15, 0.2) is 29.9 Å². The Morgan fingerprint density at radius 2 is 2.32 bits per heavy atom. The van der Waals surface area contributed by atoms with E-state index in [1.54, 1.807) is 29.0 Å². The molecule has 1 heterocycles. The average Bonchev–Trinajstić information content (AvgIpc) is 2.91. The quantitative estimate of drug-likeness (QED) is 0.882. The van der Waals surface area contributed by atoms with Gasteiger partial charge in [-0.05, 0) is 12.6 Å². The molecular formula is C14H17FN2OS. The first-order chi connectivity index (χ1) is 9.24. The lowest BCUT2D eigenvalue weighted by Gasteiger charge is -2.18. The Kier molecular flexibility index (Phi) is 4.87. The number of methoxy groups -OCH3 is 1. The van der Waals surface area contributed by atoms with E-state index < -0.39 is 0 Å². The van der Waals surface area contributed by atoms with Crippen LogP contribution < -0.4 is 10.1 Å². The van der Waals surface area contributed by atoms with Gasteiger partial charge in [-0.1, -0.05) is 13.0 Å². The van der Waals surface area contributed by atoms with Gasteiger partial charge in [0.25, 0.3) is 0 Å². The van der Waals surface area contributed by atoms with Crippen LogP contribution in [0.5, 0.6) is 5.75 Å². The third-order valence-electron chi connectivity index (χ3n) is 2.92. The van der Waals surface area contributed by atoms with Crippen LogP contribution >= 0.6 is 11.3 Å². The molecule has 5 heteroatoms. The molecule has 0 aliphatic carbocycles. The van der Waals surface area contributed by atoms with Crippen molar-refractivity contribution >= 4 is 11.3 Å². The van der Waals surface area contributed by atoms with Crippen molar-refractivity contribution in [1.29, 1.82) is 0 Å². The van der Waals surface area contributed by atoms with E-state index in [1.165, 1.54) is 13.2 Å². The number of benzene rings is 1. The molecule has 1 N–H and O–H groups in total. The molecule has 0 bridgehead atoms. The van der Waals surface area contributed by atoms with Crippen LogP contribution in [0.2, 0.25) is 0 Å². The fourth-order valence-electron chi connectivity index (χ4n) is 2.00. The Bertz CT molecular complexity index is 516. The Morgan fingerprint density at radius 3 is 2.89 bits per heavy atom. The maximum atomic E-state index is 14.1. The highest BCUT2D eigenvalue weighted by atomic mass is 32.1. The van der Waals surface area contributed by atoms with E-state index in [1.807, 2.05) is 13.1 Å². The van der Waals surface area contributed by atoms with Crippen molar-refractivity contribution in [1.82, 2.24) is 10.3 Å². The van der Waals surface area contributed by atoms with Gasteiger partial charge in [-0.15, -0.1) is 11.3 Å². The second kappa shape index (κ2) is 6.63.